The summed E-state index contributed by atoms with van der Waals surface area (Å²) in [6.07, 6.45) is 0. The minimum Gasteiger partial charge on any atom is -0.462 e. The highest BCUT2D eigenvalue weighted by molar-refractivity contribution is 7.92. The number of esters is 1. The van der Waals surface area contributed by atoms with E-state index in [0.717, 1.165) is 16.7 Å². The third-order valence-electron chi connectivity index (χ3n) is 5.59. The second-order valence-electron chi connectivity index (χ2n) is 8.04. The quantitative estimate of drug-likeness (QED) is 0.456. The van der Waals surface area contributed by atoms with Crippen LogP contribution in [-0.2, 0) is 14.8 Å². The third kappa shape index (κ3) is 5.46. The van der Waals surface area contributed by atoms with Crippen LogP contribution >= 0.6 is 0 Å². The molecule has 34 heavy (non-hydrogen) atoms. The van der Waals surface area contributed by atoms with Crippen LogP contribution < -0.4 is 10.0 Å². The molecule has 0 fully saturated rings. The monoisotopic (exact) mass is 480 g/mol. The number of carbonyl (C=O) groups excluding carboxylic acids is 2. The van der Waals surface area contributed by atoms with Crippen LogP contribution in [-0.4, -0.2) is 26.9 Å². The van der Waals surface area contributed by atoms with Gasteiger partial charge >= 0.3 is 5.97 Å². The van der Waals surface area contributed by atoms with Gasteiger partial charge < -0.3 is 10.1 Å². The predicted octanol–water partition coefficient (Wildman–Crippen LogP) is 5.15. The number of sulfonamides is 1. The molecule has 7 nitrogen and oxygen atoms in total. The van der Waals surface area contributed by atoms with Crippen molar-refractivity contribution in [2.24, 2.45) is 0 Å². The van der Waals surface area contributed by atoms with Crippen molar-refractivity contribution in [3.05, 3.63) is 88.0 Å². The highest BCUT2D eigenvalue weighted by Gasteiger charge is 2.21. The summed E-state index contributed by atoms with van der Waals surface area (Å²) in [5, 5.41) is 2.77. The lowest BCUT2D eigenvalue weighted by Crippen LogP contribution is -2.18. The summed E-state index contributed by atoms with van der Waals surface area (Å²) in [6.45, 7) is 9.17. The van der Waals surface area contributed by atoms with E-state index >= 15 is 0 Å². The fraction of sp³-hybridized carbons (Fsp3) is 0.231. The van der Waals surface area contributed by atoms with Crippen molar-refractivity contribution in [3.63, 3.8) is 0 Å². The summed E-state index contributed by atoms with van der Waals surface area (Å²) >= 11 is 0. The topological polar surface area (TPSA) is 102 Å². The van der Waals surface area contributed by atoms with E-state index in [9.17, 15) is 18.0 Å². The number of ether oxygens (including phenoxy) is 1. The Bertz CT molecular complexity index is 1360. The molecule has 1 amide bonds. The normalized spacial score (nSPS) is 11.1. The molecule has 0 aliphatic carbocycles. The summed E-state index contributed by atoms with van der Waals surface area (Å²) in [7, 11) is -3.94. The summed E-state index contributed by atoms with van der Waals surface area (Å²) in [5.74, 6) is -0.980. The van der Waals surface area contributed by atoms with Crippen LogP contribution in [0.15, 0.2) is 59.5 Å². The molecule has 0 aliphatic rings. The van der Waals surface area contributed by atoms with E-state index in [1.807, 2.05) is 19.9 Å². The number of anilines is 2. The number of nitrogens with one attached hydrogen (secondary N) is 2. The van der Waals surface area contributed by atoms with Crippen molar-refractivity contribution in [1.29, 1.82) is 0 Å². The van der Waals surface area contributed by atoms with Crippen molar-refractivity contribution < 1.29 is 22.7 Å². The van der Waals surface area contributed by atoms with Crippen molar-refractivity contribution >= 4 is 33.3 Å². The van der Waals surface area contributed by atoms with Gasteiger partial charge in [-0.25, -0.2) is 13.2 Å². The van der Waals surface area contributed by atoms with E-state index in [1.165, 1.54) is 6.07 Å². The molecule has 8 heteroatoms. The molecule has 0 bridgehead atoms. The largest absolute Gasteiger partial charge is 0.462 e. The molecule has 0 atom stereocenters. The standard InChI is InChI=1S/C26H28N2O5S/c1-6-33-26(30)21-13-10-17(3)23(14-21)27-25(29)20-12-11-18(4)24(15-20)34(31,32)28-22-9-7-8-16(2)19(22)5/h7-15,28H,6H2,1-5H3,(H,27,29). The molecule has 178 valence electrons. The second-order valence-corrected chi connectivity index (χ2v) is 9.69. The Kier molecular flexibility index (Phi) is 7.41. The van der Waals surface area contributed by atoms with Crippen molar-refractivity contribution in [1.82, 2.24) is 0 Å². The molecule has 0 saturated carbocycles. The summed E-state index contributed by atoms with van der Waals surface area (Å²) in [5.41, 5.74) is 4.46. The molecule has 0 aromatic heterocycles. The van der Waals surface area contributed by atoms with Gasteiger partial charge in [-0.05, 0) is 87.2 Å². The number of benzene rings is 3. The first kappa shape index (κ1) is 25.0. The van der Waals surface area contributed by atoms with Gasteiger partial charge in [0.05, 0.1) is 22.8 Å². The van der Waals surface area contributed by atoms with E-state index < -0.39 is 21.9 Å². The molecular weight excluding hydrogens is 452 g/mol. The zero-order valence-electron chi connectivity index (χ0n) is 19.9. The zero-order chi connectivity index (χ0) is 25.0. The maximum atomic E-state index is 13.2. The molecule has 0 aliphatic heterocycles. The lowest BCUT2D eigenvalue weighted by Gasteiger charge is -2.15. The van der Waals surface area contributed by atoms with Crippen molar-refractivity contribution in [2.45, 2.75) is 39.5 Å². The van der Waals surface area contributed by atoms with Crippen LogP contribution in [0, 0.1) is 27.7 Å². The Hall–Kier alpha value is -3.65. The molecule has 0 heterocycles. The summed E-state index contributed by atoms with van der Waals surface area (Å²) in [4.78, 5) is 25.0. The Morgan fingerprint density at radius 2 is 1.50 bits per heavy atom. The molecule has 3 aromatic carbocycles. The Balaban J connectivity index is 1.90. The molecular formula is C26H28N2O5S. The molecule has 0 unspecified atom stereocenters. The molecule has 2 N–H and O–H groups in total. The van der Waals surface area contributed by atoms with Gasteiger partial charge in [0.15, 0.2) is 0 Å². The van der Waals surface area contributed by atoms with Gasteiger partial charge in [0.2, 0.25) is 0 Å². The number of carbonyl (C=O) groups is 2. The molecule has 0 spiro atoms. The van der Waals surface area contributed by atoms with Crippen LogP contribution in [0.1, 0.15) is 49.9 Å². The second kappa shape index (κ2) is 10.1. The van der Waals surface area contributed by atoms with E-state index in [1.54, 1.807) is 63.2 Å². The summed E-state index contributed by atoms with van der Waals surface area (Å²) < 4.78 is 34.0. The van der Waals surface area contributed by atoms with Gasteiger partial charge in [0.1, 0.15) is 0 Å². The van der Waals surface area contributed by atoms with Gasteiger partial charge in [0.25, 0.3) is 15.9 Å². The molecule has 3 rings (SSSR count). The number of hydrogen-bond donors (Lipinski definition) is 2. The average Bonchev–Trinajstić information content (AvgIpc) is 2.78. The average molecular weight is 481 g/mol. The Labute approximate surface area is 200 Å². The van der Waals surface area contributed by atoms with Gasteiger partial charge in [-0.15, -0.1) is 0 Å². The lowest BCUT2D eigenvalue weighted by molar-refractivity contribution is 0.0526. The van der Waals surface area contributed by atoms with Crippen molar-refractivity contribution in [2.75, 3.05) is 16.6 Å². The SMILES string of the molecule is CCOC(=O)c1ccc(C)c(NC(=O)c2ccc(C)c(S(=O)(=O)Nc3cccc(C)c3C)c2)c1. The number of hydrogen-bond acceptors (Lipinski definition) is 5. The number of rotatable bonds is 7. The fourth-order valence-electron chi connectivity index (χ4n) is 3.38. The van der Waals surface area contributed by atoms with Crippen LogP contribution in [0.2, 0.25) is 0 Å². The maximum absolute atomic E-state index is 13.2. The van der Waals surface area contributed by atoms with E-state index in [4.69, 9.17) is 4.74 Å². The van der Waals surface area contributed by atoms with Crippen LogP contribution in [0.5, 0.6) is 0 Å². The zero-order valence-corrected chi connectivity index (χ0v) is 20.7. The smallest absolute Gasteiger partial charge is 0.338 e. The predicted molar refractivity (Wildman–Crippen MR) is 133 cm³/mol. The fourth-order valence-corrected chi connectivity index (χ4v) is 4.78. The lowest BCUT2D eigenvalue weighted by atomic mass is 10.1. The van der Waals surface area contributed by atoms with E-state index in [2.05, 4.69) is 10.0 Å². The molecule has 0 radical (unpaired) electrons. The third-order valence-corrected chi connectivity index (χ3v) is 7.09. The van der Waals surface area contributed by atoms with E-state index in [-0.39, 0.29) is 17.1 Å². The Morgan fingerprint density at radius 1 is 0.824 bits per heavy atom. The van der Waals surface area contributed by atoms with Crippen LogP contribution in [0.4, 0.5) is 11.4 Å². The van der Waals surface area contributed by atoms with Gasteiger partial charge in [-0.1, -0.05) is 24.3 Å². The molecule has 3 aromatic rings. The Morgan fingerprint density at radius 3 is 2.21 bits per heavy atom. The van der Waals surface area contributed by atoms with Gasteiger partial charge in [0, 0.05) is 11.3 Å². The van der Waals surface area contributed by atoms with Crippen molar-refractivity contribution in [3.8, 4) is 0 Å². The number of aryl methyl sites for hydroxylation is 3. The minimum absolute atomic E-state index is 0.0121. The number of amides is 1. The summed E-state index contributed by atoms with van der Waals surface area (Å²) in [6, 6.07) is 14.8. The van der Waals surface area contributed by atoms with Gasteiger partial charge in [-0.2, -0.15) is 0 Å². The molecule has 0 saturated heterocycles. The minimum atomic E-state index is -3.94. The highest BCUT2D eigenvalue weighted by atomic mass is 32.2. The van der Waals surface area contributed by atoms with Crippen LogP contribution in [0.3, 0.4) is 0 Å². The first-order valence-electron chi connectivity index (χ1n) is 10.8. The van der Waals surface area contributed by atoms with Crippen LogP contribution in [0.25, 0.3) is 0 Å². The maximum Gasteiger partial charge on any atom is 0.338 e. The first-order valence-corrected chi connectivity index (χ1v) is 12.3. The first-order chi connectivity index (χ1) is 16.0. The highest BCUT2D eigenvalue weighted by Crippen LogP contribution is 2.25. The van der Waals surface area contributed by atoms with Gasteiger partial charge in [-0.3, -0.25) is 9.52 Å². The van der Waals surface area contributed by atoms with E-state index in [0.29, 0.717) is 22.5 Å².